The van der Waals surface area contributed by atoms with Crippen molar-refractivity contribution in [1.29, 1.82) is 0 Å². The normalized spacial score (nSPS) is 16.1. The van der Waals surface area contributed by atoms with Crippen LogP contribution in [0, 0.1) is 0 Å². The Kier molecular flexibility index (Phi) is 5.38. The Morgan fingerprint density at radius 1 is 1.25 bits per heavy atom. The number of rotatable bonds is 4. The van der Waals surface area contributed by atoms with E-state index < -0.39 is 0 Å². The number of halogens is 1. The molecule has 0 unspecified atom stereocenters. The molecule has 3 rings (SSSR count). The molecule has 6 heteroatoms. The molecule has 0 atom stereocenters. The number of thioether (sulfide) groups is 1. The van der Waals surface area contributed by atoms with Gasteiger partial charge in [-0.15, -0.1) is 0 Å². The summed E-state index contributed by atoms with van der Waals surface area (Å²) >= 11 is 10.1. The average molecular weight is 420 g/mol. The SMILES string of the molecule is CCOc1ccc(N2C(=O)C(=Cc3cccc(Br)c3)SC2=S)cc1. The second kappa shape index (κ2) is 7.51. The van der Waals surface area contributed by atoms with E-state index in [-0.39, 0.29) is 5.91 Å². The van der Waals surface area contributed by atoms with Crippen LogP contribution in [0.15, 0.2) is 57.9 Å². The molecule has 0 bridgehead atoms. The number of thiocarbonyl (C=S) groups is 1. The smallest absolute Gasteiger partial charge is 0.270 e. The zero-order chi connectivity index (χ0) is 17.1. The molecule has 1 aliphatic heterocycles. The molecule has 1 heterocycles. The number of amides is 1. The second-order valence-electron chi connectivity index (χ2n) is 5.00. The van der Waals surface area contributed by atoms with Crippen molar-refractivity contribution in [1.82, 2.24) is 0 Å². The highest BCUT2D eigenvalue weighted by Gasteiger charge is 2.33. The van der Waals surface area contributed by atoms with E-state index in [4.69, 9.17) is 17.0 Å². The van der Waals surface area contributed by atoms with Gasteiger partial charge in [-0.1, -0.05) is 52.0 Å². The van der Waals surface area contributed by atoms with Gasteiger partial charge in [-0.05, 0) is 55.0 Å². The Hall–Kier alpha value is -1.63. The fourth-order valence-electron chi connectivity index (χ4n) is 2.30. The molecular weight excluding hydrogens is 406 g/mol. The van der Waals surface area contributed by atoms with Crippen molar-refractivity contribution in [3.05, 3.63) is 63.5 Å². The molecule has 0 aromatic heterocycles. The summed E-state index contributed by atoms with van der Waals surface area (Å²) in [6.45, 7) is 2.54. The number of hydrogen-bond acceptors (Lipinski definition) is 4. The lowest BCUT2D eigenvalue weighted by molar-refractivity contribution is -0.113. The second-order valence-corrected chi connectivity index (χ2v) is 7.59. The highest BCUT2D eigenvalue weighted by molar-refractivity contribution is 9.10. The van der Waals surface area contributed by atoms with Gasteiger partial charge < -0.3 is 4.74 Å². The molecular formula is C18H14BrNO2S2. The van der Waals surface area contributed by atoms with Crippen LogP contribution in [-0.4, -0.2) is 16.8 Å². The fraction of sp³-hybridized carbons (Fsp3) is 0.111. The van der Waals surface area contributed by atoms with Gasteiger partial charge >= 0.3 is 0 Å². The Labute approximate surface area is 158 Å². The molecule has 122 valence electrons. The van der Waals surface area contributed by atoms with Crippen LogP contribution in [0.25, 0.3) is 6.08 Å². The largest absolute Gasteiger partial charge is 0.494 e. The first-order chi connectivity index (χ1) is 11.6. The zero-order valence-corrected chi connectivity index (χ0v) is 16.1. The van der Waals surface area contributed by atoms with Gasteiger partial charge in [0.1, 0.15) is 5.75 Å². The number of hydrogen-bond donors (Lipinski definition) is 0. The van der Waals surface area contributed by atoms with Crippen LogP contribution in [-0.2, 0) is 4.79 Å². The number of ether oxygens (including phenoxy) is 1. The number of benzene rings is 2. The van der Waals surface area contributed by atoms with Crippen LogP contribution in [0.2, 0.25) is 0 Å². The average Bonchev–Trinajstić information content (AvgIpc) is 2.83. The fourth-order valence-corrected chi connectivity index (χ4v) is 4.01. The molecule has 0 spiro atoms. The Morgan fingerprint density at radius 3 is 2.67 bits per heavy atom. The minimum atomic E-state index is -0.103. The standard InChI is InChI=1S/C18H14BrNO2S2/c1-2-22-15-8-6-14(7-9-15)20-17(21)16(24-18(20)23)11-12-4-3-5-13(19)10-12/h3-11H,2H2,1H3. The quantitative estimate of drug-likeness (QED) is 0.499. The third-order valence-corrected chi connectivity index (χ3v) is 5.14. The number of carbonyl (C=O) groups is 1. The first-order valence-corrected chi connectivity index (χ1v) is 9.36. The van der Waals surface area contributed by atoms with Crippen LogP contribution in [0.4, 0.5) is 5.69 Å². The van der Waals surface area contributed by atoms with Crippen molar-refractivity contribution >= 4 is 61.9 Å². The molecule has 3 nitrogen and oxygen atoms in total. The van der Waals surface area contributed by atoms with E-state index in [1.54, 1.807) is 4.90 Å². The van der Waals surface area contributed by atoms with Crippen molar-refractivity contribution in [2.45, 2.75) is 6.92 Å². The molecule has 0 saturated carbocycles. The molecule has 1 saturated heterocycles. The van der Waals surface area contributed by atoms with E-state index in [2.05, 4.69) is 15.9 Å². The predicted molar refractivity (Wildman–Crippen MR) is 107 cm³/mol. The molecule has 0 radical (unpaired) electrons. The van der Waals surface area contributed by atoms with Crippen molar-refractivity contribution in [3.63, 3.8) is 0 Å². The summed E-state index contributed by atoms with van der Waals surface area (Å²) in [6.07, 6.45) is 1.86. The van der Waals surface area contributed by atoms with E-state index >= 15 is 0 Å². The monoisotopic (exact) mass is 419 g/mol. The molecule has 0 N–H and O–H groups in total. The first kappa shape index (κ1) is 17.2. The Bertz CT molecular complexity index is 818. The third-order valence-electron chi connectivity index (χ3n) is 3.35. The lowest BCUT2D eigenvalue weighted by Gasteiger charge is -2.15. The van der Waals surface area contributed by atoms with Crippen molar-refractivity contribution in [3.8, 4) is 5.75 Å². The molecule has 1 amide bonds. The summed E-state index contributed by atoms with van der Waals surface area (Å²) in [7, 11) is 0. The van der Waals surface area contributed by atoms with Gasteiger partial charge in [0.05, 0.1) is 17.2 Å². The molecule has 24 heavy (non-hydrogen) atoms. The highest BCUT2D eigenvalue weighted by Crippen LogP contribution is 2.36. The van der Waals surface area contributed by atoms with E-state index in [1.807, 2.05) is 61.5 Å². The lowest BCUT2D eigenvalue weighted by Crippen LogP contribution is -2.27. The number of nitrogens with zero attached hydrogens (tertiary/aromatic N) is 1. The molecule has 1 fully saturated rings. The zero-order valence-electron chi connectivity index (χ0n) is 12.9. The minimum Gasteiger partial charge on any atom is -0.494 e. The van der Waals surface area contributed by atoms with Crippen LogP contribution in [0.3, 0.4) is 0 Å². The predicted octanol–water partition coefficient (Wildman–Crippen LogP) is 5.25. The van der Waals surface area contributed by atoms with Crippen LogP contribution < -0.4 is 9.64 Å². The van der Waals surface area contributed by atoms with E-state index in [0.717, 1.165) is 21.5 Å². The molecule has 1 aliphatic rings. The van der Waals surface area contributed by atoms with Gasteiger partial charge in [-0.2, -0.15) is 0 Å². The van der Waals surface area contributed by atoms with Crippen molar-refractivity contribution in [2.75, 3.05) is 11.5 Å². The Morgan fingerprint density at radius 2 is 2.00 bits per heavy atom. The van der Waals surface area contributed by atoms with Gasteiger partial charge in [0.15, 0.2) is 4.32 Å². The van der Waals surface area contributed by atoms with E-state index in [9.17, 15) is 4.79 Å². The maximum atomic E-state index is 12.7. The summed E-state index contributed by atoms with van der Waals surface area (Å²) in [5, 5.41) is 0. The van der Waals surface area contributed by atoms with Gasteiger partial charge in [0, 0.05) is 4.47 Å². The molecule has 2 aromatic rings. The van der Waals surface area contributed by atoms with Gasteiger partial charge in [0.25, 0.3) is 5.91 Å². The minimum absolute atomic E-state index is 0.103. The highest BCUT2D eigenvalue weighted by atomic mass is 79.9. The summed E-state index contributed by atoms with van der Waals surface area (Å²) in [5.74, 6) is 0.672. The summed E-state index contributed by atoms with van der Waals surface area (Å²) in [4.78, 5) is 14.9. The number of anilines is 1. The third kappa shape index (κ3) is 3.71. The lowest BCUT2D eigenvalue weighted by atomic mass is 10.2. The Balaban J connectivity index is 1.86. The summed E-state index contributed by atoms with van der Waals surface area (Å²) < 4.78 is 6.93. The summed E-state index contributed by atoms with van der Waals surface area (Å²) in [6, 6.07) is 15.2. The van der Waals surface area contributed by atoms with Crippen LogP contribution in [0.1, 0.15) is 12.5 Å². The first-order valence-electron chi connectivity index (χ1n) is 7.35. The maximum Gasteiger partial charge on any atom is 0.270 e. The van der Waals surface area contributed by atoms with Crippen LogP contribution >= 0.6 is 39.9 Å². The van der Waals surface area contributed by atoms with Gasteiger partial charge in [-0.25, -0.2) is 0 Å². The van der Waals surface area contributed by atoms with Gasteiger partial charge in [0.2, 0.25) is 0 Å². The summed E-state index contributed by atoms with van der Waals surface area (Å²) in [5.41, 5.74) is 1.70. The van der Waals surface area contributed by atoms with Gasteiger partial charge in [-0.3, -0.25) is 9.69 Å². The number of carbonyl (C=O) groups excluding carboxylic acids is 1. The maximum absolute atomic E-state index is 12.7. The van der Waals surface area contributed by atoms with Crippen LogP contribution in [0.5, 0.6) is 5.75 Å². The topological polar surface area (TPSA) is 29.5 Å². The van der Waals surface area contributed by atoms with E-state index in [0.29, 0.717) is 15.8 Å². The van der Waals surface area contributed by atoms with Crippen molar-refractivity contribution < 1.29 is 9.53 Å². The molecule has 2 aromatic carbocycles. The van der Waals surface area contributed by atoms with E-state index in [1.165, 1.54) is 11.8 Å². The van der Waals surface area contributed by atoms with Crippen molar-refractivity contribution in [2.24, 2.45) is 0 Å². The molecule has 0 aliphatic carbocycles.